The van der Waals surface area contributed by atoms with Crippen LogP contribution in [0.2, 0.25) is 0 Å². The number of rotatable bonds is 8. The van der Waals surface area contributed by atoms with E-state index in [2.05, 4.69) is 36.0 Å². The van der Waals surface area contributed by atoms with Gasteiger partial charge in [0.25, 0.3) is 5.89 Å². The third-order valence-corrected chi connectivity index (χ3v) is 6.29. The molecule has 0 bridgehead atoms. The lowest BCUT2D eigenvalue weighted by atomic mass is 9.72. The van der Waals surface area contributed by atoms with E-state index in [0.29, 0.717) is 22.9 Å². The van der Waals surface area contributed by atoms with E-state index in [1.54, 1.807) is 26.2 Å². The average Bonchev–Trinajstić information content (AvgIpc) is 3.49. The number of nitrogens with two attached hydrogens (primary N) is 1. The van der Waals surface area contributed by atoms with Gasteiger partial charge < -0.3 is 20.4 Å². The molecule has 0 aliphatic heterocycles. The molecular formula is C24H30N6O3. The molecule has 3 rings (SSSR count). The zero-order valence-electron chi connectivity index (χ0n) is 19.8. The van der Waals surface area contributed by atoms with Crippen LogP contribution in [0.1, 0.15) is 51.6 Å². The van der Waals surface area contributed by atoms with E-state index in [9.17, 15) is 4.79 Å². The number of esters is 1. The van der Waals surface area contributed by atoms with E-state index in [4.69, 9.17) is 20.4 Å². The molecule has 0 radical (unpaired) electrons. The fourth-order valence-electron chi connectivity index (χ4n) is 3.59. The van der Waals surface area contributed by atoms with Gasteiger partial charge in [0.2, 0.25) is 0 Å². The fourth-order valence-corrected chi connectivity index (χ4v) is 3.59. The number of carbonyl (C=O) groups is 1. The average molecular weight is 451 g/mol. The van der Waals surface area contributed by atoms with E-state index in [-0.39, 0.29) is 5.92 Å². The van der Waals surface area contributed by atoms with Crippen LogP contribution in [0.15, 0.2) is 47.4 Å². The van der Waals surface area contributed by atoms with Gasteiger partial charge in [-0.2, -0.15) is 10.1 Å². The number of carbonyl (C=O) groups excluding carboxylic acids is 1. The van der Waals surface area contributed by atoms with Gasteiger partial charge in [-0.05, 0) is 37.8 Å². The molecule has 0 aliphatic rings. The maximum Gasteiger partial charge on any atom is 0.333 e. The van der Waals surface area contributed by atoms with Crippen LogP contribution < -0.4 is 5.73 Å². The van der Waals surface area contributed by atoms with Crippen molar-refractivity contribution in [1.29, 1.82) is 5.41 Å². The number of hydrogen-bond donors (Lipinski definition) is 2. The summed E-state index contributed by atoms with van der Waals surface area (Å²) in [6.45, 7) is 9.71. The minimum Gasteiger partial charge on any atom is -0.467 e. The molecular weight excluding hydrogens is 420 g/mol. The minimum absolute atomic E-state index is 0.155. The van der Waals surface area contributed by atoms with E-state index >= 15 is 0 Å². The van der Waals surface area contributed by atoms with E-state index < -0.39 is 16.9 Å². The Morgan fingerprint density at radius 1 is 1.24 bits per heavy atom. The smallest absolute Gasteiger partial charge is 0.333 e. The molecule has 9 nitrogen and oxygen atoms in total. The molecule has 2 aromatic heterocycles. The second-order valence-corrected chi connectivity index (χ2v) is 8.85. The lowest BCUT2D eigenvalue weighted by Gasteiger charge is -2.31. The first kappa shape index (κ1) is 23.9. The number of allylic oxidation sites excluding steroid dienone is 1. The van der Waals surface area contributed by atoms with E-state index in [1.807, 2.05) is 24.3 Å². The first-order valence-electron chi connectivity index (χ1n) is 10.6. The van der Waals surface area contributed by atoms with E-state index in [0.717, 1.165) is 11.1 Å². The third-order valence-electron chi connectivity index (χ3n) is 6.29. The zero-order valence-corrected chi connectivity index (χ0v) is 19.8. The topological polar surface area (TPSA) is 133 Å². The molecule has 0 aliphatic carbocycles. The maximum atomic E-state index is 12.1. The number of nitrogens with one attached hydrogen (secondary N) is 1. The third kappa shape index (κ3) is 4.18. The van der Waals surface area contributed by atoms with Crippen molar-refractivity contribution in [1.82, 2.24) is 19.9 Å². The Morgan fingerprint density at radius 3 is 2.45 bits per heavy atom. The molecule has 0 amide bonds. The molecule has 2 heterocycles. The summed E-state index contributed by atoms with van der Waals surface area (Å²) < 4.78 is 12.0. The minimum atomic E-state index is -0.975. The molecule has 0 saturated heterocycles. The highest BCUT2D eigenvalue weighted by atomic mass is 16.5. The van der Waals surface area contributed by atoms with Crippen molar-refractivity contribution in [2.45, 2.75) is 45.6 Å². The number of nitrogens with zero attached hydrogens (tertiary/aromatic N) is 4. The molecule has 1 atom stereocenters. The predicted molar refractivity (Wildman–Crippen MR) is 126 cm³/mol. The number of benzene rings is 1. The Balaban J connectivity index is 1.97. The summed E-state index contributed by atoms with van der Waals surface area (Å²) in [4.78, 5) is 16.8. The Labute approximate surface area is 193 Å². The molecule has 3 N–H and O–H groups in total. The van der Waals surface area contributed by atoms with Crippen LogP contribution in [0, 0.1) is 11.3 Å². The summed E-state index contributed by atoms with van der Waals surface area (Å²) in [7, 11) is 1.34. The Kier molecular flexibility index (Phi) is 6.53. The summed E-state index contributed by atoms with van der Waals surface area (Å²) in [6, 6.07) is 7.85. The van der Waals surface area contributed by atoms with Crippen LogP contribution in [0.25, 0.3) is 17.0 Å². The van der Waals surface area contributed by atoms with Gasteiger partial charge in [-0.3, -0.25) is 4.68 Å². The van der Waals surface area contributed by atoms with Crippen molar-refractivity contribution in [3.63, 3.8) is 0 Å². The van der Waals surface area contributed by atoms with Crippen LogP contribution in [0.4, 0.5) is 0 Å². The Morgan fingerprint density at radius 2 is 1.91 bits per heavy atom. The first-order valence-corrected chi connectivity index (χ1v) is 10.6. The molecule has 1 aromatic carbocycles. The number of hydrogen-bond acceptors (Lipinski definition) is 8. The first-order chi connectivity index (χ1) is 15.6. The van der Waals surface area contributed by atoms with Crippen molar-refractivity contribution in [2.75, 3.05) is 7.11 Å². The second kappa shape index (κ2) is 9.01. The standard InChI is InChI=1S/C24H30N6O3/c1-15(2)24(5,19-9-7-16(8-10-19)17(11-25)12-26)21-28-20(33-29-21)18-13-27-30(14-18)23(3,4)22(31)32-6/h7-15,25H,26H2,1-6H3/b17-12+,25-11?. The fraction of sp³-hybridized carbons (Fsp3) is 0.375. The highest BCUT2D eigenvalue weighted by Crippen LogP contribution is 2.38. The SMILES string of the molecule is COC(=O)C(C)(C)n1cc(-c2nc(C(C)(c3ccc(/C(C=N)=C/N)cc3)C(C)C)no2)cn1. The predicted octanol–water partition coefficient (Wildman–Crippen LogP) is 3.75. The van der Waals surface area contributed by atoms with E-state index in [1.165, 1.54) is 24.2 Å². The van der Waals surface area contributed by atoms with Crippen molar-refractivity contribution in [2.24, 2.45) is 11.7 Å². The zero-order chi connectivity index (χ0) is 24.4. The Hall–Kier alpha value is -3.75. The van der Waals surface area contributed by atoms with Crippen molar-refractivity contribution in [3.8, 4) is 11.5 Å². The number of methoxy groups -OCH3 is 1. The van der Waals surface area contributed by atoms with Gasteiger partial charge in [-0.15, -0.1) is 0 Å². The van der Waals surface area contributed by atoms with Crippen molar-refractivity contribution >= 4 is 17.8 Å². The Bertz CT molecular complexity index is 1170. The number of aromatic nitrogens is 4. The summed E-state index contributed by atoms with van der Waals surface area (Å²) in [5.41, 5.74) is 7.22. The summed E-state index contributed by atoms with van der Waals surface area (Å²) in [5.74, 6) is 0.608. The highest BCUT2D eigenvalue weighted by Gasteiger charge is 2.38. The molecule has 9 heteroatoms. The molecule has 174 valence electrons. The van der Waals surface area contributed by atoms with Gasteiger partial charge in [0.15, 0.2) is 11.4 Å². The monoisotopic (exact) mass is 450 g/mol. The maximum absolute atomic E-state index is 12.1. The lowest BCUT2D eigenvalue weighted by Crippen LogP contribution is -2.37. The summed E-state index contributed by atoms with van der Waals surface area (Å²) in [5, 5.41) is 16.1. The van der Waals surface area contributed by atoms with Crippen LogP contribution in [0.3, 0.4) is 0 Å². The van der Waals surface area contributed by atoms with Gasteiger partial charge in [-0.1, -0.05) is 43.3 Å². The van der Waals surface area contributed by atoms with Crippen LogP contribution >= 0.6 is 0 Å². The van der Waals surface area contributed by atoms with Crippen LogP contribution in [-0.4, -0.2) is 39.2 Å². The summed E-state index contributed by atoms with van der Waals surface area (Å²) >= 11 is 0. The molecule has 1 unspecified atom stereocenters. The highest BCUT2D eigenvalue weighted by molar-refractivity contribution is 6.08. The van der Waals surface area contributed by atoms with Gasteiger partial charge in [-0.25, -0.2) is 4.79 Å². The van der Waals surface area contributed by atoms with Crippen LogP contribution in [0.5, 0.6) is 0 Å². The molecule has 0 fully saturated rings. The molecule has 33 heavy (non-hydrogen) atoms. The molecule has 3 aromatic rings. The summed E-state index contributed by atoms with van der Waals surface area (Å²) in [6.07, 6.45) is 5.91. The van der Waals surface area contributed by atoms with Gasteiger partial charge in [0.05, 0.1) is 24.3 Å². The van der Waals surface area contributed by atoms with Crippen molar-refractivity contribution in [3.05, 3.63) is 59.8 Å². The van der Waals surface area contributed by atoms with Gasteiger partial charge in [0.1, 0.15) is 0 Å². The largest absolute Gasteiger partial charge is 0.467 e. The lowest BCUT2D eigenvalue weighted by molar-refractivity contribution is -0.150. The van der Waals surface area contributed by atoms with Gasteiger partial charge >= 0.3 is 5.97 Å². The molecule has 0 spiro atoms. The normalized spacial score (nSPS) is 14.2. The van der Waals surface area contributed by atoms with Gasteiger partial charge in [0, 0.05) is 24.2 Å². The van der Waals surface area contributed by atoms with Crippen LogP contribution in [-0.2, 0) is 20.5 Å². The van der Waals surface area contributed by atoms with Crippen molar-refractivity contribution < 1.29 is 14.1 Å². The second-order valence-electron chi connectivity index (χ2n) is 8.85. The molecule has 0 saturated carbocycles. The number of ether oxygens (including phenoxy) is 1. The quantitative estimate of drug-likeness (QED) is 0.394.